The van der Waals surface area contributed by atoms with Crippen LogP contribution in [0.3, 0.4) is 0 Å². The Hall–Kier alpha value is -1.12. The highest BCUT2D eigenvalue weighted by Crippen LogP contribution is 2.22. The molecule has 0 unspecified atom stereocenters. The van der Waals surface area contributed by atoms with Crippen LogP contribution in [0.1, 0.15) is 0 Å². The van der Waals surface area contributed by atoms with E-state index in [1.54, 1.807) is 0 Å². The first kappa shape index (κ1) is 14.3. The first-order chi connectivity index (χ1) is 8.84. The summed E-state index contributed by atoms with van der Waals surface area (Å²) in [5, 5.41) is 0. The highest BCUT2D eigenvalue weighted by atomic mass is 32.2. The van der Waals surface area contributed by atoms with Gasteiger partial charge >= 0.3 is 0 Å². The van der Waals surface area contributed by atoms with E-state index in [0.717, 1.165) is 15.3 Å². The summed E-state index contributed by atoms with van der Waals surface area (Å²) in [6.07, 6.45) is 0. The second kappa shape index (κ2) is 5.10. The Balaban J connectivity index is 2.38. The van der Waals surface area contributed by atoms with Crippen molar-refractivity contribution >= 4 is 10.0 Å². The van der Waals surface area contributed by atoms with Crippen LogP contribution in [0.2, 0.25) is 0 Å². The largest absolute Gasteiger partial charge is 0.335 e. The fourth-order valence-electron chi connectivity index (χ4n) is 1.95. The zero-order valence-corrected chi connectivity index (χ0v) is 11.1. The summed E-state index contributed by atoms with van der Waals surface area (Å²) in [7, 11) is -2.20. The highest BCUT2D eigenvalue weighted by Gasteiger charge is 2.32. The molecular weight excluding hydrogens is 281 g/mol. The van der Waals surface area contributed by atoms with E-state index >= 15 is 0 Å². The second-order valence-corrected chi connectivity index (χ2v) is 6.44. The Bertz CT molecular complexity index is 584. The lowest BCUT2D eigenvalue weighted by Crippen LogP contribution is -3.12. The quantitative estimate of drug-likeness (QED) is 0.756. The molecule has 0 spiro atoms. The van der Waals surface area contributed by atoms with Gasteiger partial charge in [-0.2, -0.15) is 4.31 Å². The number of rotatable bonds is 2. The number of nitrogens with one attached hydrogen (secondary N) is 1. The number of hydrogen-bond acceptors (Lipinski definition) is 2. The zero-order chi connectivity index (χ0) is 14.2. The van der Waals surface area contributed by atoms with Crippen molar-refractivity contribution in [1.29, 1.82) is 0 Å². The summed E-state index contributed by atoms with van der Waals surface area (Å²) in [5.41, 5.74) is 0. The van der Waals surface area contributed by atoms with Crippen LogP contribution in [-0.4, -0.2) is 45.9 Å². The van der Waals surface area contributed by atoms with Crippen molar-refractivity contribution in [2.24, 2.45) is 0 Å². The van der Waals surface area contributed by atoms with Gasteiger partial charge < -0.3 is 4.90 Å². The maximum absolute atomic E-state index is 13.6. The molecule has 0 bridgehead atoms. The summed E-state index contributed by atoms with van der Waals surface area (Å²) in [6, 6.07) is 1.38. The predicted octanol–water partition coefficient (Wildman–Crippen LogP) is -0.377. The van der Waals surface area contributed by atoms with Crippen LogP contribution < -0.4 is 4.90 Å². The Morgan fingerprint density at radius 2 is 1.68 bits per heavy atom. The predicted molar refractivity (Wildman–Crippen MR) is 61.7 cm³/mol. The van der Waals surface area contributed by atoms with E-state index in [-0.39, 0.29) is 13.1 Å². The van der Waals surface area contributed by atoms with E-state index in [0.29, 0.717) is 19.2 Å². The second-order valence-electron chi connectivity index (χ2n) is 4.53. The molecule has 106 valence electrons. The molecule has 1 aromatic carbocycles. The number of piperazine rings is 1. The van der Waals surface area contributed by atoms with Crippen molar-refractivity contribution in [3.8, 4) is 0 Å². The Kier molecular flexibility index (Phi) is 3.84. The Labute approximate surface area is 109 Å². The maximum Gasteiger partial charge on any atom is 0.246 e. The van der Waals surface area contributed by atoms with Gasteiger partial charge in [0.15, 0.2) is 17.5 Å². The van der Waals surface area contributed by atoms with Crippen LogP contribution in [0.15, 0.2) is 17.0 Å². The normalized spacial score (nSPS) is 18.7. The van der Waals surface area contributed by atoms with Gasteiger partial charge in [0.1, 0.15) is 4.90 Å². The first-order valence-corrected chi connectivity index (χ1v) is 7.23. The lowest BCUT2D eigenvalue weighted by Gasteiger charge is -2.29. The number of halogens is 3. The molecular formula is C11H14F3N2O2S+. The number of likely N-dealkylation sites (N-methyl/N-ethyl adjacent to an activating group) is 1. The third-order valence-electron chi connectivity index (χ3n) is 3.19. The third kappa shape index (κ3) is 2.60. The number of sulfonamides is 1. The minimum Gasteiger partial charge on any atom is -0.335 e. The molecule has 1 fully saturated rings. The van der Waals surface area contributed by atoms with Crippen molar-refractivity contribution in [2.75, 3.05) is 33.2 Å². The molecule has 0 radical (unpaired) electrons. The van der Waals surface area contributed by atoms with E-state index in [1.165, 1.54) is 0 Å². The van der Waals surface area contributed by atoms with Gasteiger partial charge in [-0.05, 0) is 12.1 Å². The van der Waals surface area contributed by atoms with Crippen molar-refractivity contribution in [3.05, 3.63) is 29.6 Å². The molecule has 19 heavy (non-hydrogen) atoms. The zero-order valence-electron chi connectivity index (χ0n) is 10.3. The molecule has 1 aromatic rings. The number of nitrogens with zero attached hydrogens (tertiary/aromatic N) is 1. The molecule has 1 N–H and O–H groups in total. The number of benzene rings is 1. The van der Waals surface area contributed by atoms with Crippen molar-refractivity contribution in [1.82, 2.24) is 4.31 Å². The van der Waals surface area contributed by atoms with Crippen LogP contribution in [0.4, 0.5) is 13.2 Å². The summed E-state index contributed by atoms with van der Waals surface area (Å²) < 4.78 is 64.9. The van der Waals surface area contributed by atoms with Crippen molar-refractivity contribution < 1.29 is 26.5 Å². The summed E-state index contributed by atoms with van der Waals surface area (Å²) in [6.45, 7) is 1.63. The average molecular weight is 295 g/mol. The molecule has 0 saturated carbocycles. The molecule has 0 aromatic heterocycles. The Morgan fingerprint density at radius 3 is 2.26 bits per heavy atom. The van der Waals surface area contributed by atoms with Crippen LogP contribution in [0, 0.1) is 17.5 Å². The van der Waals surface area contributed by atoms with Crippen LogP contribution in [0.25, 0.3) is 0 Å². The topological polar surface area (TPSA) is 41.8 Å². The monoisotopic (exact) mass is 295 g/mol. The van der Waals surface area contributed by atoms with Gasteiger partial charge in [0.2, 0.25) is 10.0 Å². The molecule has 4 nitrogen and oxygen atoms in total. The van der Waals surface area contributed by atoms with Gasteiger partial charge in [0.25, 0.3) is 0 Å². The fraction of sp³-hybridized carbons (Fsp3) is 0.455. The number of hydrogen-bond donors (Lipinski definition) is 1. The number of quaternary nitrogens is 1. The van der Waals surface area contributed by atoms with Crippen LogP contribution >= 0.6 is 0 Å². The highest BCUT2D eigenvalue weighted by molar-refractivity contribution is 7.89. The van der Waals surface area contributed by atoms with Gasteiger partial charge in [0, 0.05) is 0 Å². The average Bonchev–Trinajstić information content (AvgIpc) is 2.36. The molecule has 0 atom stereocenters. The van der Waals surface area contributed by atoms with E-state index in [1.807, 2.05) is 7.05 Å². The van der Waals surface area contributed by atoms with Gasteiger partial charge in [-0.1, -0.05) is 0 Å². The van der Waals surface area contributed by atoms with Crippen molar-refractivity contribution in [3.63, 3.8) is 0 Å². The van der Waals surface area contributed by atoms with Crippen LogP contribution in [-0.2, 0) is 10.0 Å². The minimum absolute atomic E-state index is 0.229. The minimum atomic E-state index is -4.12. The lowest BCUT2D eigenvalue weighted by atomic mass is 10.3. The molecule has 0 aliphatic carbocycles. The standard InChI is InChI=1S/C11H13F3N2O2S/c1-15-4-6-16(7-5-15)19(17,18)9-3-2-8(12)10(13)11(9)14/h2-3H,4-7H2,1H3/p+1. The molecule has 2 rings (SSSR count). The molecule has 1 heterocycles. The van der Waals surface area contributed by atoms with E-state index in [9.17, 15) is 21.6 Å². The molecule has 1 aliphatic heterocycles. The van der Waals surface area contributed by atoms with Gasteiger partial charge in [0.05, 0.1) is 33.2 Å². The van der Waals surface area contributed by atoms with Gasteiger partial charge in [-0.15, -0.1) is 0 Å². The van der Waals surface area contributed by atoms with Crippen LogP contribution in [0.5, 0.6) is 0 Å². The van der Waals surface area contributed by atoms with E-state index < -0.39 is 32.4 Å². The third-order valence-corrected chi connectivity index (χ3v) is 5.11. The summed E-state index contributed by atoms with van der Waals surface area (Å²) in [4.78, 5) is 0.350. The van der Waals surface area contributed by atoms with Crippen molar-refractivity contribution in [2.45, 2.75) is 4.90 Å². The molecule has 1 aliphatic rings. The lowest BCUT2D eigenvalue weighted by molar-refractivity contribution is -0.883. The van der Waals surface area contributed by atoms with Gasteiger partial charge in [-0.3, -0.25) is 0 Å². The summed E-state index contributed by atoms with van der Waals surface area (Å²) >= 11 is 0. The molecule has 8 heteroatoms. The molecule has 0 amide bonds. The first-order valence-electron chi connectivity index (χ1n) is 5.79. The molecule has 1 saturated heterocycles. The van der Waals surface area contributed by atoms with E-state index in [2.05, 4.69) is 0 Å². The van der Waals surface area contributed by atoms with E-state index in [4.69, 9.17) is 0 Å². The fourth-order valence-corrected chi connectivity index (χ4v) is 3.45. The summed E-state index contributed by atoms with van der Waals surface area (Å²) in [5.74, 6) is -4.83. The van der Waals surface area contributed by atoms with Gasteiger partial charge in [-0.25, -0.2) is 21.6 Å². The smallest absolute Gasteiger partial charge is 0.246 e. The Morgan fingerprint density at radius 1 is 1.11 bits per heavy atom. The SMILES string of the molecule is C[NH+]1CCN(S(=O)(=O)c2ccc(F)c(F)c2F)CC1. The maximum atomic E-state index is 13.6.